The van der Waals surface area contributed by atoms with Gasteiger partial charge < -0.3 is 10.1 Å². The standard InChI is InChI=1S/C18H27NO/c1-3-19-13(2)15-5-4-6-18(11-15)20-12-17-10-14-7-8-16(17)9-14/h4-6,11,13-14,16-17,19H,3,7-10,12H2,1-2H3. The molecule has 0 amide bonds. The van der Waals surface area contributed by atoms with E-state index < -0.39 is 0 Å². The lowest BCUT2D eigenvalue weighted by Crippen LogP contribution is -2.19. The van der Waals surface area contributed by atoms with Gasteiger partial charge >= 0.3 is 0 Å². The van der Waals surface area contributed by atoms with Crippen molar-refractivity contribution in [2.75, 3.05) is 13.2 Å². The molecule has 2 saturated carbocycles. The predicted octanol–water partition coefficient (Wildman–Crippen LogP) is 4.17. The van der Waals surface area contributed by atoms with Crippen LogP contribution in [-0.2, 0) is 0 Å². The Hall–Kier alpha value is -1.02. The summed E-state index contributed by atoms with van der Waals surface area (Å²) in [7, 11) is 0. The molecule has 4 unspecified atom stereocenters. The highest BCUT2D eigenvalue weighted by Gasteiger charge is 2.39. The molecule has 20 heavy (non-hydrogen) atoms. The van der Waals surface area contributed by atoms with Gasteiger partial charge in [-0.15, -0.1) is 0 Å². The quantitative estimate of drug-likeness (QED) is 0.840. The molecule has 110 valence electrons. The normalized spacial score (nSPS) is 29.6. The van der Waals surface area contributed by atoms with Gasteiger partial charge in [0, 0.05) is 6.04 Å². The number of hydrogen-bond acceptors (Lipinski definition) is 2. The Morgan fingerprint density at radius 1 is 1.30 bits per heavy atom. The molecule has 1 aromatic carbocycles. The lowest BCUT2D eigenvalue weighted by Gasteiger charge is -2.22. The molecule has 2 bridgehead atoms. The molecular weight excluding hydrogens is 246 g/mol. The van der Waals surface area contributed by atoms with E-state index in [0.29, 0.717) is 6.04 Å². The average Bonchev–Trinajstić information content (AvgIpc) is 3.08. The minimum Gasteiger partial charge on any atom is -0.493 e. The number of rotatable bonds is 6. The summed E-state index contributed by atoms with van der Waals surface area (Å²) < 4.78 is 6.08. The highest BCUT2D eigenvalue weighted by Crippen LogP contribution is 2.48. The van der Waals surface area contributed by atoms with E-state index in [-0.39, 0.29) is 0 Å². The van der Waals surface area contributed by atoms with Crippen LogP contribution in [-0.4, -0.2) is 13.2 Å². The lowest BCUT2D eigenvalue weighted by molar-refractivity contribution is 0.195. The summed E-state index contributed by atoms with van der Waals surface area (Å²) in [6.07, 6.45) is 5.77. The third-order valence-corrected chi connectivity index (χ3v) is 5.22. The van der Waals surface area contributed by atoms with Crippen molar-refractivity contribution in [2.24, 2.45) is 17.8 Å². The topological polar surface area (TPSA) is 21.3 Å². The monoisotopic (exact) mass is 273 g/mol. The first-order valence-corrected chi connectivity index (χ1v) is 8.22. The van der Waals surface area contributed by atoms with Gasteiger partial charge in [0.15, 0.2) is 0 Å². The maximum absolute atomic E-state index is 6.08. The zero-order chi connectivity index (χ0) is 13.9. The van der Waals surface area contributed by atoms with E-state index in [1.165, 1.54) is 31.2 Å². The third-order valence-electron chi connectivity index (χ3n) is 5.22. The molecule has 2 heteroatoms. The summed E-state index contributed by atoms with van der Waals surface area (Å²) >= 11 is 0. The molecule has 2 fully saturated rings. The second-order valence-corrected chi connectivity index (χ2v) is 6.60. The van der Waals surface area contributed by atoms with Crippen molar-refractivity contribution in [3.05, 3.63) is 29.8 Å². The summed E-state index contributed by atoms with van der Waals surface area (Å²) in [6.45, 7) is 6.27. The first kappa shape index (κ1) is 13.9. The van der Waals surface area contributed by atoms with Gasteiger partial charge in [-0.3, -0.25) is 0 Å². The van der Waals surface area contributed by atoms with Gasteiger partial charge in [-0.1, -0.05) is 25.5 Å². The van der Waals surface area contributed by atoms with Crippen LogP contribution in [0.4, 0.5) is 0 Å². The Morgan fingerprint density at radius 3 is 2.90 bits per heavy atom. The SMILES string of the molecule is CCNC(C)c1cccc(OCC2CC3CCC2C3)c1. The zero-order valence-corrected chi connectivity index (χ0v) is 12.8. The molecule has 0 saturated heterocycles. The van der Waals surface area contributed by atoms with Crippen molar-refractivity contribution >= 4 is 0 Å². The van der Waals surface area contributed by atoms with E-state index in [1.54, 1.807) is 0 Å². The fourth-order valence-corrected chi connectivity index (χ4v) is 4.08. The molecule has 0 radical (unpaired) electrons. The smallest absolute Gasteiger partial charge is 0.119 e. The molecule has 2 aliphatic rings. The molecule has 0 aliphatic heterocycles. The van der Waals surface area contributed by atoms with Gasteiger partial charge in [0.1, 0.15) is 5.75 Å². The van der Waals surface area contributed by atoms with Crippen molar-refractivity contribution < 1.29 is 4.74 Å². The zero-order valence-electron chi connectivity index (χ0n) is 12.8. The molecular formula is C18H27NO. The van der Waals surface area contributed by atoms with Crippen LogP contribution in [0.1, 0.15) is 51.1 Å². The number of ether oxygens (including phenoxy) is 1. The number of hydrogen-bond donors (Lipinski definition) is 1. The van der Waals surface area contributed by atoms with Crippen LogP contribution in [0.3, 0.4) is 0 Å². The van der Waals surface area contributed by atoms with E-state index in [4.69, 9.17) is 4.74 Å². The highest BCUT2D eigenvalue weighted by atomic mass is 16.5. The summed E-state index contributed by atoms with van der Waals surface area (Å²) in [5.41, 5.74) is 1.32. The van der Waals surface area contributed by atoms with Gasteiger partial charge in [0.05, 0.1) is 6.61 Å². The van der Waals surface area contributed by atoms with E-state index in [0.717, 1.165) is 36.7 Å². The number of fused-ring (bicyclic) bond motifs is 2. The highest BCUT2D eigenvalue weighted by molar-refractivity contribution is 5.30. The molecule has 0 spiro atoms. The maximum Gasteiger partial charge on any atom is 0.119 e. The second kappa shape index (κ2) is 6.17. The first-order chi connectivity index (χ1) is 9.76. The number of nitrogens with one attached hydrogen (secondary N) is 1. The van der Waals surface area contributed by atoms with E-state index in [9.17, 15) is 0 Å². The van der Waals surface area contributed by atoms with Gasteiger partial charge in [0.25, 0.3) is 0 Å². The minimum atomic E-state index is 0.394. The van der Waals surface area contributed by atoms with Crippen LogP contribution in [0.25, 0.3) is 0 Å². The van der Waals surface area contributed by atoms with Crippen LogP contribution in [0, 0.1) is 17.8 Å². The van der Waals surface area contributed by atoms with Gasteiger partial charge in [-0.05, 0) is 68.2 Å². The van der Waals surface area contributed by atoms with Crippen molar-refractivity contribution in [3.8, 4) is 5.75 Å². The summed E-state index contributed by atoms with van der Waals surface area (Å²) in [6, 6.07) is 8.97. The van der Waals surface area contributed by atoms with Gasteiger partial charge in [-0.2, -0.15) is 0 Å². The lowest BCUT2D eigenvalue weighted by atomic mass is 9.89. The van der Waals surface area contributed by atoms with E-state index in [2.05, 4.69) is 43.4 Å². The Labute approximate surface area is 122 Å². The molecule has 1 N–H and O–H groups in total. The van der Waals surface area contributed by atoms with Crippen LogP contribution in [0.2, 0.25) is 0 Å². The molecule has 3 rings (SSSR count). The largest absolute Gasteiger partial charge is 0.493 e. The van der Waals surface area contributed by atoms with Crippen LogP contribution in [0.5, 0.6) is 5.75 Å². The minimum absolute atomic E-state index is 0.394. The second-order valence-electron chi connectivity index (χ2n) is 6.60. The molecule has 4 atom stereocenters. The summed E-state index contributed by atoms with van der Waals surface area (Å²) in [4.78, 5) is 0. The maximum atomic E-state index is 6.08. The Bertz CT molecular complexity index is 445. The van der Waals surface area contributed by atoms with Crippen LogP contribution in [0.15, 0.2) is 24.3 Å². The fourth-order valence-electron chi connectivity index (χ4n) is 4.08. The van der Waals surface area contributed by atoms with Crippen LogP contribution >= 0.6 is 0 Å². The van der Waals surface area contributed by atoms with Crippen molar-refractivity contribution in [1.82, 2.24) is 5.32 Å². The van der Waals surface area contributed by atoms with Crippen molar-refractivity contribution in [3.63, 3.8) is 0 Å². The Morgan fingerprint density at radius 2 is 2.20 bits per heavy atom. The molecule has 2 nitrogen and oxygen atoms in total. The van der Waals surface area contributed by atoms with E-state index >= 15 is 0 Å². The fraction of sp³-hybridized carbons (Fsp3) is 0.667. The van der Waals surface area contributed by atoms with Crippen molar-refractivity contribution in [1.29, 1.82) is 0 Å². The average molecular weight is 273 g/mol. The molecule has 0 heterocycles. The van der Waals surface area contributed by atoms with Crippen LogP contribution < -0.4 is 10.1 Å². The van der Waals surface area contributed by atoms with E-state index in [1.807, 2.05) is 0 Å². The summed E-state index contributed by atoms with van der Waals surface area (Å²) in [5, 5.41) is 3.45. The third kappa shape index (κ3) is 3.01. The molecule has 0 aromatic heterocycles. The predicted molar refractivity (Wildman–Crippen MR) is 83.0 cm³/mol. The number of benzene rings is 1. The molecule has 1 aromatic rings. The Balaban J connectivity index is 1.56. The van der Waals surface area contributed by atoms with Gasteiger partial charge in [-0.25, -0.2) is 0 Å². The Kier molecular flexibility index (Phi) is 4.30. The van der Waals surface area contributed by atoms with Crippen molar-refractivity contribution in [2.45, 2.75) is 45.6 Å². The molecule has 2 aliphatic carbocycles. The van der Waals surface area contributed by atoms with Gasteiger partial charge in [0.2, 0.25) is 0 Å². The summed E-state index contributed by atoms with van der Waals surface area (Å²) in [5.74, 6) is 3.80. The first-order valence-electron chi connectivity index (χ1n) is 8.22.